The zero-order valence-electron chi connectivity index (χ0n) is 39.9. The highest BCUT2D eigenvalue weighted by atomic mass is 32.1. The molecule has 0 saturated heterocycles. The van der Waals surface area contributed by atoms with Gasteiger partial charge in [0.05, 0.1) is 11.0 Å². The minimum Gasteiger partial charge on any atom is -0.311 e. The number of rotatable bonds is 9. The van der Waals surface area contributed by atoms with Crippen LogP contribution in [0.3, 0.4) is 0 Å². The minimum absolute atomic E-state index is 1.09. The first-order chi connectivity index (χ1) is 36.1. The van der Waals surface area contributed by atoms with Crippen LogP contribution in [0, 0.1) is 0 Å². The second kappa shape index (κ2) is 17.8. The highest BCUT2D eigenvalue weighted by molar-refractivity contribution is 7.25. The lowest BCUT2D eigenvalue weighted by molar-refractivity contribution is 1.18. The molecule has 342 valence electrons. The topological polar surface area (TPSA) is 8.17 Å². The van der Waals surface area contributed by atoms with Crippen LogP contribution in [-0.2, 0) is 0 Å². The molecule has 0 amide bonds. The van der Waals surface area contributed by atoms with Crippen LogP contribution in [0.15, 0.2) is 279 Å². The van der Waals surface area contributed by atoms with Crippen molar-refractivity contribution in [1.82, 2.24) is 4.57 Å². The number of benzene rings is 12. The molecule has 0 atom stereocenters. The highest BCUT2D eigenvalue weighted by Gasteiger charge is 2.17. The maximum atomic E-state index is 2.37. The monoisotopic (exact) mass is 946 g/mol. The molecule has 14 rings (SSSR count). The van der Waals surface area contributed by atoms with E-state index in [9.17, 15) is 0 Å². The van der Waals surface area contributed by atoms with Crippen molar-refractivity contribution in [2.75, 3.05) is 4.90 Å². The van der Waals surface area contributed by atoms with Crippen molar-refractivity contribution in [3.05, 3.63) is 279 Å². The molecule has 3 heteroatoms. The molecule has 0 aliphatic carbocycles. The fourth-order valence-corrected chi connectivity index (χ4v) is 12.0. The molecule has 0 saturated carbocycles. The predicted octanol–water partition coefficient (Wildman–Crippen LogP) is 20.1. The van der Waals surface area contributed by atoms with E-state index in [4.69, 9.17) is 0 Å². The van der Waals surface area contributed by atoms with Gasteiger partial charge < -0.3 is 9.47 Å². The van der Waals surface area contributed by atoms with Crippen molar-refractivity contribution in [2.45, 2.75) is 0 Å². The van der Waals surface area contributed by atoms with Gasteiger partial charge in [-0.2, -0.15) is 0 Å². The van der Waals surface area contributed by atoms with Crippen molar-refractivity contribution < 1.29 is 0 Å². The Morgan fingerprint density at radius 1 is 0.247 bits per heavy atom. The molecule has 0 N–H and O–H groups in total. The van der Waals surface area contributed by atoms with E-state index >= 15 is 0 Å². The van der Waals surface area contributed by atoms with Crippen molar-refractivity contribution in [1.29, 1.82) is 0 Å². The van der Waals surface area contributed by atoms with Crippen LogP contribution in [-0.4, -0.2) is 4.57 Å². The fourth-order valence-electron chi connectivity index (χ4n) is 10.9. The van der Waals surface area contributed by atoms with Gasteiger partial charge in [0.2, 0.25) is 0 Å². The standard InChI is InChI=1S/C70H46N2S/c1-2-15-59(16-3-1)72-67-19-8-6-17-63(67)66-45-57(34-42-68(66)72)51-29-37-61(38-30-51)71(62-39-31-52(32-40-62)58-33-41-65-64-18-7-9-20-69(64)73-70(65)46-58)60-35-27-49(28-36-60)48-21-23-50(24-22-48)54-13-10-14-55(43-54)56-26-25-47-11-4-5-12-53(47)44-56/h1-46H. The summed E-state index contributed by atoms with van der Waals surface area (Å²) in [5.41, 5.74) is 18.8. The van der Waals surface area contributed by atoms with Gasteiger partial charge in [0.15, 0.2) is 0 Å². The third-order valence-corrected chi connectivity index (χ3v) is 15.7. The summed E-state index contributed by atoms with van der Waals surface area (Å²) in [7, 11) is 0. The Bertz CT molecular complexity index is 4340. The highest BCUT2D eigenvalue weighted by Crippen LogP contribution is 2.41. The first kappa shape index (κ1) is 42.6. The van der Waals surface area contributed by atoms with Crippen LogP contribution in [0.25, 0.3) is 114 Å². The van der Waals surface area contributed by atoms with E-state index < -0.39 is 0 Å². The summed E-state index contributed by atoms with van der Waals surface area (Å²) in [5.74, 6) is 0. The number of para-hydroxylation sites is 2. The molecule has 0 fully saturated rings. The van der Waals surface area contributed by atoms with Gasteiger partial charge >= 0.3 is 0 Å². The molecule has 73 heavy (non-hydrogen) atoms. The Labute approximate surface area is 428 Å². The lowest BCUT2D eigenvalue weighted by atomic mass is 9.96. The number of fused-ring (bicyclic) bond motifs is 7. The Morgan fingerprint density at radius 2 is 0.699 bits per heavy atom. The normalized spacial score (nSPS) is 11.6. The largest absolute Gasteiger partial charge is 0.311 e. The molecule has 0 bridgehead atoms. The molecule has 0 aliphatic rings. The maximum absolute atomic E-state index is 2.37. The van der Waals surface area contributed by atoms with Crippen molar-refractivity contribution in [3.8, 4) is 61.3 Å². The summed E-state index contributed by atoms with van der Waals surface area (Å²) in [4.78, 5) is 2.37. The van der Waals surface area contributed by atoms with Gasteiger partial charge in [-0.25, -0.2) is 0 Å². The van der Waals surface area contributed by atoms with E-state index in [0.29, 0.717) is 0 Å². The first-order valence-electron chi connectivity index (χ1n) is 25.0. The Kier molecular flexibility index (Phi) is 10.4. The molecule has 2 heterocycles. The van der Waals surface area contributed by atoms with E-state index in [-0.39, 0.29) is 0 Å². The van der Waals surface area contributed by atoms with Gasteiger partial charge in [0, 0.05) is 53.7 Å². The van der Waals surface area contributed by atoms with Gasteiger partial charge in [0.25, 0.3) is 0 Å². The molecule has 14 aromatic rings. The predicted molar refractivity (Wildman–Crippen MR) is 313 cm³/mol. The van der Waals surface area contributed by atoms with Gasteiger partial charge in [-0.3, -0.25) is 0 Å². The van der Waals surface area contributed by atoms with Crippen LogP contribution < -0.4 is 4.90 Å². The van der Waals surface area contributed by atoms with E-state index in [1.165, 1.54) is 108 Å². The number of anilines is 3. The summed E-state index contributed by atoms with van der Waals surface area (Å²) < 4.78 is 5.01. The van der Waals surface area contributed by atoms with Gasteiger partial charge in [-0.1, -0.05) is 188 Å². The molecular formula is C70H46N2S. The number of aromatic nitrogens is 1. The second-order valence-electron chi connectivity index (χ2n) is 18.9. The maximum Gasteiger partial charge on any atom is 0.0541 e. The smallest absolute Gasteiger partial charge is 0.0541 e. The van der Waals surface area contributed by atoms with Gasteiger partial charge in [-0.15, -0.1) is 11.3 Å². The summed E-state index contributed by atoms with van der Waals surface area (Å²) >= 11 is 1.86. The molecule has 0 radical (unpaired) electrons. The van der Waals surface area contributed by atoms with Crippen molar-refractivity contribution in [3.63, 3.8) is 0 Å². The molecule has 12 aromatic carbocycles. The van der Waals surface area contributed by atoms with Crippen LogP contribution in [0.5, 0.6) is 0 Å². The van der Waals surface area contributed by atoms with E-state index in [1.807, 2.05) is 11.3 Å². The van der Waals surface area contributed by atoms with E-state index in [2.05, 4.69) is 289 Å². The van der Waals surface area contributed by atoms with Crippen LogP contribution in [0.4, 0.5) is 17.1 Å². The first-order valence-corrected chi connectivity index (χ1v) is 25.8. The van der Waals surface area contributed by atoms with E-state index in [0.717, 1.165) is 22.7 Å². The van der Waals surface area contributed by atoms with Crippen LogP contribution in [0.1, 0.15) is 0 Å². The molecule has 0 unspecified atom stereocenters. The summed E-state index contributed by atoms with van der Waals surface area (Å²) in [5, 5.41) is 7.65. The SMILES string of the molecule is c1ccc(-n2c3ccccc3c3cc(-c4ccc(N(c5ccc(-c6ccc(-c7cccc(-c8ccc9ccccc9c8)c7)cc6)cc5)c5ccc(-c6ccc7c(c6)sc6ccccc67)cc5)cc4)ccc32)cc1. The average Bonchev–Trinajstić information content (AvgIpc) is 4.02. The summed E-state index contributed by atoms with van der Waals surface area (Å²) in [6.07, 6.45) is 0. The molecule has 0 aliphatic heterocycles. The van der Waals surface area contributed by atoms with Crippen molar-refractivity contribution in [2.24, 2.45) is 0 Å². The summed E-state index contributed by atoms with van der Waals surface area (Å²) in [6.45, 7) is 0. The fraction of sp³-hybridized carbons (Fsp3) is 0. The second-order valence-corrected chi connectivity index (χ2v) is 20.0. The number of thiophene rings is 1. The number of hydrogen-bond acceptors (Lipinski definition) is 2. The molecular weight excluding hydrogens is 901 g/mol. The van der Waals surface area contributed by atoms with Gasteiger partial charge in [0.1, 0.15) is 0 Å². The quantitative estimate of drug-likeness (QED) is 0.140. The molecule has 0 spiro atoms. The third kappa shape index (κ3) is 7.75. The van der Waals surface area contributed by atoms with Crippen LogP contribution in [0.2, 0.25) is 0 Å². The zero-order valence-corrected chi connectivity index (χ0v) is 40.7. The molecule has 2 aromatic heterocycles. The van der Waals surface area contributed by atoms with Gasteiger partial charge in [-0.05, 0) is 157 Å². The minimum atomic E-state index is 1.09. The Balaban J connectivity index is 0.789. The number of nitrogens with zero attached hydrogens (tertiary/aromatic N) is 2. The van der Waals surface area contributed by atoms with E-state index in [1.54, 1.807) is 0 Å². The zero-order chi connectivity index (χ0) is 48.2. The van der Waals surface area contributed by atoms with Crippen LogP contribution >= 0.6 is 11.3 Å². The Morgan fingerprint density at radius 3 is 1.38 bits per heavy atom. The lowest BCUT2D eigenvalue weighted by Gasteiger charge is -2.26. The number of hydrogen-bond donors (Lipinski definition) is 0. The van der Waals surface area contributed by atoms with Crippen molar-refractivity contribution >= 4 is 81.1 Å². The average molecular weight is 947 g/mol. The summed E-state index contributed by atoms with van der Waals surface area (Å²) in [6, 6.07) is 102. The third-order valence-electron chi connectivity index (χ3n) is 14.6. The lowest BCUT2D eigenvalue weighted by Crippen LogP contribution is -2.09. The molecule has 2 nitrogen and oxygen atoms in total. The Hall–Kier alpha value is -9.28.